The number of carbonyl (C=O) groups excluding carboxylic acids is 2. The molecule has 1 aliphatic carbocycles. The molecule has 0 bridgehead atoms. The topological polar surface area (TPSA) is 76.7 Å². The van der Waals surface area contributed by atoms with Crippen LogP contribution in [-0.2, 0) is 9.53 Å². The lowest BCUT2D eigenvalue weighted by molar-refractivity contribution is -0.141. The number of aryl methyl sites for hydroxylation is 1. The van der Waals surface area contributed by atoms with Crippen LogP contribution in [0.4, 0.5) is 16.2 Å². The largest absolute Gasteiger partial charge is 0.495 e. The molecule has 1 fully saturated rings. The minimum atomic E-state index is -0.303. The van der Waals surface area contributed by atoms with Crippen LogP contribution in [0.3, 0.4) is 0 Å². The van der Waals surface area contributed by atoms with Crippen molar-refractivity contribution in [3.8, 4) is 5.75 Å². The second-order valence-corrected chi connectivity index (χ2v) is 8.24. The maximum Gasteiger partial charge on any atom is 0.323 e. The van der Waals surface area contributed by atoms with Crippen molar-refractivity contribution >= 4 is 23.4 Å². The van der Waals surface area contributed by atoms with Gasteiger partial charge in [0.2, 0.25) is 0 Å². The molecule has 0 atom stereocenters. The first-order valence-electron chi connectivity index (χ1n) is 10.9. The molecule has 0 radical (unpaired) electrons. The molecule has 2 N–H and O–H groups in total. The van der Waals surface area contributed by atoms with Crippen LogP contribution in [0, 0.1) is 12.8 Å². The van der Waals surface area contributed by atoms with Crippen LogP contribution in [0.25, 0.3) is 0 Å². The fourth-order valence-corrected chi connectivity index (χ4v) is 4.25. The molecule has 1 aliphatic rings. The van der Waals surface area contributed by atoms with E-state index in [2.05, 4.69) is 22.8 Å². The normalized spacial score (nSPS) is 18.2. The van der Waals surface area contributed by atoms with E-state index >= 15 is 0 Å². The number of benzene rings is 2. The van der Waals surface area contributed by atoms with Crippen molar-refractivity contribution in [2.45, 2.75) is 51.4 Å². The molecule has 6 nitrogen and oxygen atoms in total. The summed E-state index contributed by atoms with van der Waals surface area (Å²) in [6, 6.07) is 13.4. The molecular formula is C25H32N2O4. The molecule has 0 aromatic heterocycles. The van der Waals surface area contributed by atoms with E-state index in [4.69, 9.17) is 9.47 Å². The number of hydrogen-bond donors (Lipinski definition) is 2. The van der Waals surface area contributed by atoms with Crippen LogP contribution in [0.1, 0.15) is 55.6 Å². The van der Waals surface area contributed by atoms with Crippen molar-refractivity contribution in [3.63, 3.8) is 0 Å². The van der Waals surface area contributed by atoms with Crippen molar-refractivity contribution in [1.29, 1.82) is 0 Å². The second-order valence-electron chi connectivity index (χ2n) is 8.24. The van der Waals surface area contributed by atoms with Gasteiger partial charge in [0.25, 0.3) is 0 Å². The van der Waals surface area contributed by atoms with Crippen molar-refractivity contribution in [3.05, 3.63) is 53.6 Å². The van der Waals surface area contributed by atoms with Crippen LogP contribution in [0.15, 0.2) is 42.5 Å². The van der Waals surface area contributed by atoms with E-state index in [0.717, 1.165) is 43.4 Å². The number of esters is 1. The first kappa shape index (κ1) is 22.7. The molecule has 0 saturated heterocycles. The molecule has 2 aromatic carbocycles. The summed E-state index contributed by atoms with van der Waals surface area (Å²) in [6.07, 6.45) is 5.98. The van der Waals surface area contributed by atoms with Crippen LogP contribution in [-0.4, -0.2) is 26.2 Å². The minimum Gasteiger partial charge on any atom is -0.495 e. The van der Waals surface area contributed by atoms with Gasteiger partial charge in [-0.3, -0.25) is 4.79 Å². The quantitative estimate of drug-likeness (QED) is 0.545. The summed E-state index contributed by atoms with van der Waals surface area (Å²) >= 11 is 0. The number of rotatable bonds is 7. The first-order chi connectivity index (χ1) is 15.0. The van der Waals surface area contributed by atoms with Crippen molar-refractivity contribution in [2.75, 3.05) is 24.9 Å². The molecular weight excluding hydrogens is 392 g/mol. The van der Waals surface area contributed by atoms with Crippen molar-refractivity contribution < 1.29 is 19.1 Å². The third kappa shape index (κ3) is 6.48. The SMILES string of the molecule is COC(=O)CC[C@H]1CC[C@@H](c2ccc(NC(=O)Nc3cc(C)ccc3OC)cc2)CC1. The zero-order valence-electron chi connectivity index (χ0n) is 18.6. The number of carbonyl (C=O) groups is 2. The number of nitrogens with one attached hydrogen (secondary N) is 2. The van der Waals surface area contributed by atoms with E-state index in [1.54, 1.807) is 7.11 Å². The molecule has 2 aromatic rings. The zero-order chi connectivity index (χ0) is 22.2. The Morgan fingerprint density at radius 3 is 2.32 bits per heavy atom. The van der Waals surface area contributed by atoms with Crippen LogP contribution < -0.4 is 15.4 Å². The predicted octanol–water partition coefficient (Wildman–Crippen LogP) is 5.87. The smallest absolute Gasteiger partial charge is 0.323 e. The van der Waals surface area contributed by atoms with Crippen molar-refractivity contribution in [1.82, 2.24) is 0 Å². The molecule has 0 aliphatic heterocycles. The number of ether oxygens (including phenoxy) is 2. The summed E-state index contributed by atoms with van der Waals surface area (Å²) in [4.78, 5) is 23.7. The molecule has 6 heteroatoms. The lowest BCUT2D eigenvalue weighted by Crippen LogP contribution is -2.20. The maximum absolute atomic E-state index is 12.4. The Hall–Kier alpha value is -3.02. The van der Waals surface area contributed by atoms with Crippen LogP contribution >= 0.6 is 0 Å². The summed E-state index contributed by atoms with van der Waals surface area (Å²) in [6.45, 7) is 1.97. The standard InChI is InChI=1S/C25H32N2O4/c1-17-4-14-23(30-2)22(16-17)27-25(29)26-21-12-10-20(11-13-21)19-8-5-18(6-9-19)7-15-24(28)31-3/h4,10-14,16,18-19H,5-9,15H2,1-3H3,(H2,26,27,29)/t18-,19+. The second kappa shape index (κ2) is 10.8. The summed E-state index contributed by atoms with van der Waals surface area (Å²) < 4.78 is 10.0. The molecule has 1 saturated carbocycles. The Labute approximate surface area is 184 Å². The van der Waals surface area contributed by atoms with Crippen LogP contribution in [0.5, 0.6) is 5.75 Å². The average Bonchev–Trinajstić information content (AvgIpc) is 2.78. The van der Waals surface area contributed by atoms with Crippen molar-refractivity contribution in [2.24, 2.45) is 5.92 Å². The fraction of sp³-hybridized carbons (Fsp3) is 0.440. The lowest BCUT2D eigenvalue weighted by atomic mass is 9.77. The first-order valence-corrected chi connectivity index (χ1v) is 10.9. The molecule has 0 heterocycles. The van der Waals surface area contributed by atoms with Gasteiger partial charge in [0, 0.05) is 12.1 Å². The van der Waals surface area contributed by atoms with Gasteiger partial charge in [0.05, 0.1) is 19.9 Å². The Kier molecular flexibility index (Phi) is 7.93. The Balaban J connectivity index is 1.50. The summed E-state index contributed by atoms with van der Waals surface area (Å²) in [5.74, 6) is 1.65. The summed E-state index contributed by atoms with van der Waals surface area (Å²) in [5.41, 5.74) is 3.73. The van der Waals surface area contributed by atoms with Crippen LogP contribution in [0.2, 0.25) is 0 Å². The molecule has 166 valence electrons. The monoisotopic (exact) mass is 424 g/mol. The Morgan fingerprint density at radius 2 is 1.68 bits per heavy atom. The van der Waals surface area contributed by atoms with Gasteiger partial charge in [-0.2, -0.15) is 0 Å². The highest BCUT2D eigenvalue weighted by atomic mass is 16.5. The van der Waals surface area contributed by atoms with Gasteiger partial charge < -0.3 is 20.1 Å². The zero-order valence-corrected chi connectivity index (χ0v) is 18.6. The van der Waals surface area contributed by atoms with Gasteiger partial charge >= 0.3 is 12.0 Å². The predicted molar refractivity (Wildman–Crippen MR) is 123 cm³/mol. The highest BCUT2D eigenvalue weighted by molar-refractivity contribution is 6.00. The van der Waals surface area contributed by atoms with Gasteiger partial charge in [-0.1, -0.05) is 18.2 Å². The number of urea groups is 1. The van der Waals surface area contributed by atoms with E-state index in [9.17, 15) is 9.59 Å². The maximum atomic E-state index is 12.4. The third-order valence-electron chi connectivity index (χ3n) is 6.07. The molecule has 2 amide bonds. The highest BCUT2D eigenvalue weighted by Crippen LogP contribution is 2.37. The van der Waals surface area contributed by atoms with Gasteiger partial charge in [-0.15, -0.1) is 0 Å². The summed E-state index contributed by atoms with van der Waals surface area (Å²) in [7, 11) is 3.03. The van der Waals surface area contributed by atoms with Gasteiger partial charge in [-0.25, -0.2) is 4.79 Å². The molecule has 0 unspecified atom stereocenters. The fourth-order valence-electron chi connectivity index (χ4n) is 4.25. The number of methoxy groups -OCH3 is 2. The molecule has 31 heavy (non-hydrogen) atoms. The molecule has 3 rings (SSSR count). The average molecular weight is 425 g/mol. The van der Waals surface area contributed by atoms with Gasteiger partial charge in [-0.05, 0) is 86.3 Å². The lowest BCUT2D eigenvalue weighted by Gasteiger charge is -2.28. The van der Waals surface area contributed by atoms with E-state index in [-0.39, 0.29) is 12.0 Å². The minimum absolute atomic E-state index is 0.116. The van der Waals surface area contributed by atoms with Gasteiger partial charge in [0.1, 0.15) is 5.75 Å². The van der Waals surface area contributed by atoms with E-state index < -0.39 is 0 Å². The van der Waals surface area contributed by atoms with E-state index in [1.165, 1.54) is 12.7 Å². The number of anilines is 2. The summed E-state index contributed by atoms with van der Waals surface area (Å²) in [5, 5.41) is 5.73. The highest BCUT2D eigenvalue weighted by Gasteiger charge is 2.23. The van der Waals surface area contributed by atoms with Gasteiger partial charge in [0.15, 0.2) is 0 Å². The molecule has 0 spiro atoms. The van der Waals surface area contributed by atoms with E-state index in [0.29, 0.717) is 29.7 Å². The Bertz CT molecular complexity index is 887. The van der Waals surface area contributed by atoms with E-state index in [1.807, 2.05) is 37.3 Å². The third-order valence-corrected chi connectivity index (χ3v) is 6.07. The number of amides is 2. The number of hydrogen-bond acceptors (Lipinski definition) is 4. The Morgan fingerprint density at radius 1 is 0.968 bits per heavy atom.